The Hall–Kier alpha value is -0.590. The molecule has 0 radical (unpaired) electrons. The van der Waals surface area contributed by atoms with Crippen LogP contribution in [0, 0.1) is 5.41 Å². The number of hydrogen-bond donors (Lipinski definition) is 1. The van der Waals surface area contributed by atoms with E-state index in [1.807, 2.05) is 6.92 Å². The largest absolute Gasteiger partial charge is 0.355 e. The van der Waals surface area contributed by atoms with Crippen molar-refractivity contribution in [3.63, 3.8) is 0 Å². The normalized spacial score (nSPS) is 18.4. The minimum atomic E-state index is -3.65. The van der Waals surface area contributed by atoms with E-state index in [-0.39, 0.29) is 15.5 Å². The first-order valence-electron chi connectivity index (χ1n) is 7.13. The molecule has 1 heterocycles. The van der Waals surface area contributed by atoms with Crippen LogP contribution in [0.25, 0.3) is 0 Å². The van der Waals surface area contributed by atoms with E-state index in [2.05, 4.69) is 5.32 Å². The zero-order valence-electron chi connectivity index (χ0n) is 12.0. The molecular weight excluding hydrogens is 330 g/mol. The molecule has 7 heteroatoms. The molecule has 0 aliphatic heterocycles. The van der Waals surface area contributed by atoms with Crippen LogP contribution in [0.4, 0.5) is 0 Å². The number of carbonyl (C=O) groups is 1. The van der Waals surface area contributed by atoms with Crippen molar-refractivity contribution in [1.29, 1.82) is 0 Å². The van der Waals surface area contributed by atoms with E-state index in [4.69, 9.17) is 10.7 Å². The fourth-order valence-corrected chi connectivity index (χ4v) is 4.82. The maximum Gasteiger partial charge on any atom is 0.270 e. The summed E-state index contributed by atoms with van der Waals surface area (Å²) in [5.41, 5.74) is -0.238. The summed E-state index contributed by atoms with van der Waals surface area (Å²) >= 11 is 1.15. The summed E-state index contributed by atoms with van der Waals surface area (Å²) in [6.07, 6.45) is 5.98. The van der Waals surface area contributed by atoms with Crippen molar-refractivity contribution in [1.82, 2.24) is 5.32 Å². The Morgan fingerprint density at radius 1 is 1.33 bits per heavy atom. The number of carbonyl (C=O) groups excluding carboxylic acids is 1. The molecule has 0 atom stereocenters. The van der Waals surface area contributed by atoms with Crippen molar-refractivity contribution in [2.75, 3.05) is 6.54 Å². The first-order chi connectivity index (χ1) is 9.81. The van der Waals surface area contributed by atoms with Crippen LogP contribution in [0.15, 0.2) is 16.3 Å². The van der Waals surface area contributed by atoms with E-state index in [9.17, 15) is 13.2 Å². The summed E-state index contributed by atoms with van der Waals surface area (Å²) in [5.74, 6) is 0.115. The van der Waals surface area contributed by atoms with Gasteiger partial charge in [-0.25, -0.2) is 8.42 Å². The topological polar surface area (TPSA) is 63.2 Å². The van der Waals surface area contributed by atoms with E-state index >= 15 is 0 Å². The van der Waals surface area contributed by atoms with Gasteiger partial charge in [0, 0.05) is 27.5 Å². The van der Waals surface area contributed by atoms with Gasteiger partial charge in [0.05, 0.1) is 0 Å². The number of rotatable bonds is 5. The molecule has 1 fully saturated rings. The van der Waals surface area contributed by atoms with Gasteiger partial charge in [0.2, 0.25) is 5.91 Å². The molecule has 4 nitrogen and oxygen atoms in total. The van der Waals surface area contributed by atoms with E-state index < -0.39 is 9.05 Å². The molecule has 21 heavy (non-hydrogen) atoms. The predicted octanol–water partition coefficient (Wildman–Crippen LogP) is 3.30. The third-order valence-corrected chi connectivity index (χ3v) is 7.28. The van der Waals surface area contributed by atoms with Crippen LogP contribution in [-0.2, 0) is 20.3 Å². The van der Waals surface area contributed by atoms with Crippen LogP contribution in [0.5, 0.6) is 0 Å². The van der Waals surface area contributed by atoms with Crippen LogP contribution < -0.4 is 5.32 Å². The second-order valence-electron chi connectivity index (χ2n) is 5.79. The zero-order valence-corrected chi connectivity index (χ0v) is 14.4. The summed E-state index contributed by atoms with van der Waals surface area (Å²) in [4.78, 5) is 13.2. The van der Waals surface area contributed by atoms with Crippen LogP contribution in [0.3, 0.4) is 0 Å². The maximum absolute atomic E-state index is 12.2. The summed E-state index contributed by atoms with van der Waals surface area (Å²) < 4.78 is 22.5. The SMILES string of the molecule is CC1(C(=O)NCCc2ccc(S(=O)(=O)Cl)s2)CCCCC1. The number of halogens is 1. The van der Waals surface area contributed by atoms with Gasteiger partial charge in [-0.1, -0.05) is 26.2 Å². The van der Waals surface area contributed by atoms with Gasteiger partial charge in [-0.3, -0.25) is 4.79 Å². The van der Waals surface area contributed by atoms with E-state index in [0.29, 0.717) is 13.0 Å². The van der Waals surface area contributed by atoms with Gasteiger partial charge in [0.25, 0.3) is 9.05 Å². The molecule has 1 N–H and O–H groups in total. The van der Waals surface area contributed by atoms with Crippen LogP contribution >= 0.6 is 22.0 Å². The highest BCUT2D eigenvalue weighted by Crippen LogP contribution is 2.35. The van der Waals surface area contributed by atoms with Gasteiger partial charge in [-0.15, -0.1) is 11.3 Å². The molecule has 1 aliphatic carbocycles. The third-order valence-electron chi connectivity index (χ3n) is 4.04. The summed E-state index contributed by atoms with van der Waals surface area (Å²) in [6.45, 7) is 2.56. The van der Waals surface area contributed by atoms with Gasteiger partial charge in [0.15, 0.2) is 0 Å². The average Bonchev–Trinajstić information content (AvgIpc) is 2.88. The molecule has 0 bridgehead atoms. The van der Waals surface area contributed by atoms with E-state index in [1.165, 1.54) is 12.5 Å². The fourth-order valence-electron chi connectivity index (χ4n) is 2.70. The van der Waals surface area contributed by atoms with Crippen LogP contribution in [0.2, 0.25) is 0 Å². The first kappa shape index (κ1) is 16.8. The zero-order chi connectivity index (χ0) is 15.5. The van der Waals surface area contributed by atoms with E-state index in [0.717, 1.165) is 41.9 Å². The minimum Gasteiger partial charge on any atom is -0.355 e. The standard InChI is InChI=1S/C14H20ClNO3S2/c1-14(8-3-2-4-9-14)13(17)16-10-7-11-5-6-12(20-11)21(15,18)19/h5-6H,2-4,7-10H2,1H3,(H,16,17). The molecule has 0 spiro atoms. The van der Waals surface area contributed by atoms with Crippen LogP contribution in [0.1, 0.15) is 43.9 Å². The highest BCUT2D eigenvalue weighted by atomic mass is 35.7. The van der Waals surface area contributed by atoms with Crippen molar-refractivity contribution < 1.29 is 13.2 Å². The third kappa shape index (κ3) is 4.44. The Morgan fingerprint density at radius 3 is 2.57 bits per heavy atom. The Bertz CT molecular complexity index is 603. The van der Waals surface area contributed by atoms with Crippen molar-refractivity contribution in [2.24, 2.45) is 5.41 Å². The van der Waals surface area contributed by atoms with Crippen molar-refractivity contribution in [2.45, 2.75) is 49.7 Å². The predicted molar refractivity (Wildman–Crippen MR) is 85.3 cm³/mol. The Morgan fingerprint density at radius 2 is 2.00 bits per heavy atom. The lowest BCUT2D eigenvalue weighted by Crippen LogP contribution is -2.41. The van der Waals surface area contributed by atoms with Crippen molar-refractivity contribution in [3.8, 4) is 0 Å². The molecule has 1 saturated carbocycles. The minimum absolute atomic E-state index is 0.115. The second kappa shape index (κ2) is 6.67. The number of nitrogens with one attached hydrogen (secondary N) is 1. The van der Waals surface area contributed by atoms with Crippen molar-refractivity contribution in [3.05, 3.63) is 17.0 Å². The second-order valence-corrected chi connectivity index (χ2v) is 9.75. The van der Waals surface area contributed by atoms with E-state index in [1.54, 1.807) is 6.07 Å². The lowest BCUT2D eigenvalue weighted by atomic mass is 9.75. The lowest BCUT2D eigenvalue weighted by molar-refractivity contribution is -0.131. The van der Waals surface area contributed by atoms with Crippen LogP contribution in [-0.4, -0.2) is 20.9 Å². The molecule has 1 aromatic heterocycles. The van der Waals surface area contributed by atoms with Gasteiger partial charge >= 0.3 is 0 Å². The van der Waals surface area contributed by atoms with Gasteiger partial charge in [-0.2, -0.15) is 0 Å². The van der Waals surface area contributed by atoms with Gasteiger partial charge in [-0.05, 0) is 31.4 Å². The molecule has 1 aromatic rings. The summed E-state index contributed by atoms with van der Waals surface area (Å²) in [6, 6.07) is 3.25. The average molecular weight is 350 g/mol. The summed E-state index contributed by atoms with van der Waals surface area (Å²) in [7, 11) is 1.64. The Kier molecular flexibility index (Phi) is 5.33. The maximum atomic E-state index is 12.2. The molecule has 1 aliphatic rings. The molecule has 118 valence electrons. The van der Waals surface area contributed by atoms with Crippen molar-refractivity contribution >= 4 is 37.0 Å². The molecular formula is C14H20ClNO3S2. The monoisotopic (exact) mass is 349 g/mol. The molecule has 0 aromatic carbocycles. The summed E-state index contributed by atoms with van der Waals surface area (Å²) in [5, 5.41) is 2.97. The Labute approximate surface area is 134 Å². The molecule has 2 rings (SSSR count). The Balaban J connectivity index is 1.84. The number of thiophene rings is 1. The molecule has 0 saturated heterocycles. The smallest absolute Gasteiger partial charge is 0.270 e. The molecule has 1 amide bonds. The fraction of sp³-hybridized carbons (Fsp3) is 0.643. The van der Waals surface area contributed by atoms with Gasteiger partial charge in [0.1, 0.15) is 4.21 Å². The number of amides is 1. The quantitative estimate of drug-likeness (QED) is 0.829. The number of hydrogen-bond acceptors (Lipinski definition) is 4. The first-order valence-corrected chi connectivity index (χ1v) is 10.3. The molecule has 0 unspecified atom stereocenters. The highest BCUT2D eigenvalue weighted by molar-refractivity contribution is 8.15. The van der Waals surface area contributed by atoms with Gasteiger partial charge < -0.3 is 5.32 Å². The highest BCUT2D eigenvalue weighted by Gasteiger charge is 2.34. The lowest BCUT2D eigenvalue weighted by Gasteiger charge is -2.32.